The van der Waals surface area contributed by atoms with Crippen LogP contribution >= 0.6 is 22.7 Å². The van der Waals surface area contributed by atoms with Crippen molar-refractivity contribution in [1.82, 2.24) is 9.97 Å². The summed E-state index contributed by atoms with van der Waals surface area (Å²) in [4.78, 5) is 9.14. The zero-order valence-corrected chi connectivity index (χ0v) is 34.5. The van der Waals surface area contributed by atoms with Gasteiger partial charge < -0.3 is 4.98 Å². The van der Waals surface area contributed by atoms with E-state index in [2.05, 4.69) is 81.8 Å². The first kappa shape index (κ1) is 29.5. The molecule has 0 amide bonds. The zero-order valence-electron chi connectivity index (χ0n) is 33.4. The van der Waals surface area contributed by atoms with Crippen LogP contribution in [0.25, 0.3) is 62.9 Å². The first-order chi connectivity index (χ1) is 24.9. The molecule has 0 atom stereocenters. The van der Waals surface area contributed by atoms with Crippen molar-refractivity contribution in [2.75, 3.05) is 0 Å². The summed E-state index contributed by atoms with van der Waals surface area (Å²) in [6.45, 7) is 2.88. The molecule has 8 rings (SSSR count). The van der Waals surface area contributed by atoms with Crippen molar-refractivity contribution in [3.8, 4) is 22.5 Å². The summed E-state index contributed by atoms with van der Waals surface area (Å²) >= 11 is 1.63. The van der Waals surface area contributed by atoms with Gasteiger partial charge in [0, 0.05) is 42.6 Å². The van der Waals surface area contributed by atoms with Gasteiger partial charge in [-0.3, -0.25) is 0 Å². The molecule has 0 N–H and O–H groups in total. The Kier molecular flexibility index (Phi) is 8.56. The molecule has 1 radical (unpaired) electrons. The largest absolute Gasteiger partial charge is 0 e. The number of hydrogen-bond acceptors (Lipinski definition) is 4. The van der Waals surface area contributed by atoms with E-state index in [4.69, 9.17) is 6.85 Å². The smallest absolute Gasteiger partial charge is 0 e. The Bertz CT molecular complexity index is 2600. The average Bonchev–Trinajstić information content (AvgIpc) is 3.69. The van der Waals surface area contributed by atoms with Gasteiger partial charge in [0.25, 0.3) is 0 Å². The number of pyridine rings is 2. The van der Waals surface area contributed by atoms with E-state index >= 15 is 0 Å². The topological polar surface area (TPSA) is 25.8 Å². The van der Waals surface area contributed by atoms with E-state index in [1.54, 1.807) is 49.5 Å². The zero-order chi connectivity index (χ0) is 37.9. The molecular formula is C43H40GeIrN2S2-2. The van der Waals surface area contributed by atoms with Gasteiger partial charge in [-0.2, -0.15) is 22.7 Å². The molecule has 0 fully saturated rings. The van der Waals surface area contributed by atoms with Gasteiger partial charge >= 0.3 is 99.8 Å². The van der Waals surface area contributed by atoms with Crippen LogP contribution in [0.5, 0.6) is 0 Å². The second-order valence-corrected chi connectivity index (χ2v) is 26.8. The van der Waals surface area contributed by atoms with Crippen LogP contribution in [-0.2, 0) is 26.5 Å². The number of rotatable bonds is 4. The maximum Gasteiger partial charge on any atom is 0 e. The Morgan fingerprint density at radius 1 is 0.796 bits per heavy atom. The van der Waals surface area contributed by atoms with Gasteiger partial charge in [0.2, 0.25) is 0 Å². The number of nitrogens with zero attached hydrogens (tertiary/aromatic N) is 2. The van der Waals surface area contributed by atoms with E-state index in [9.17, 15) is 0 Å². The van der Waals surface area contributed by atoms with E-state index < -0.39 is 31.9 Å². The van der Waals surface area contributed by atoms with Crippen LogP contribution in [0.4, 0.5) is 0 Å². The van der Waals surface area contributed by atoms with Crippen molar-refractivity contribution in [2.45, 2.75) is 51.3 Å². The minimum absolute atomic E-state index is 0. The maximum atomic E-state index is 8.94. The van der Waals surface area contributed by atoms with Gasteiger partial charge in [0.15, 0.2) is 0 Å². The van der Waals surface area contributed by atoms with E-state index in [0.717, 1.165) is 41.7 Å². The standard InChI is InChI=1S/C29H24NS2.C14H16GeN.Ir/c1-17-16-30-22(13-18(17)15-29(2,3)4)21-14-25-26(19-9-5-7-11-23(19)31-25)27-20-10-6-8-12-24(20)32-28(21)27;1-15(2,3)13-9-10-14(16-11-13)12-7-5-4-6-8-12;/h5-13,16H,15H2,1-4H3;4-7,9-11H,1-3H3;/q2*-1;/i1D3,15D2;;. The molecule has 2 nitrogen and oxygen atoms in total. The first-order valence-corrected chi connectivity index (χ1v) is 25.1. The van der Waals surface area contributed by atoms with Crippen molar-refractivity contribution in [2.24, 2.45) is 5.41 Å². The summed E-state index contributed by atoms with van der Waals surface area (Å²) in [5, 5.41) is 4.66. The molecule has 0 aliphatic rings. The minimum atomic E-state index is -2.48. The summed E-state index contributed by atoms with van der Waals surface area (Å²) in [5.74, 6) is 7.14. The molecule has 0 aliphatic carbocycles. The summed E-state index contributed by atoms with van der Waals surface area (Å²) in [7, 11) is 0. The van der Waals surface area contributed by atoms with Crippen LogP contribution in [0, 0.1) is 24.4 Å². The van der Waals surface area contributed by atoms with E-state index in [-0.39, 0.29) is 31.2 Å². The average molecular weight is 919 g/mol. The van der Waals surface area contributed by atoms with Gasteiger partial charge in [-0.05, 0) is 62.2 Å². The van der Waals surface area contributed by atoms with E-state index in [1.165, 1.54) is 26.1 Å². The molecule has 4 aromatic carbocycles. The summed E-state index contributed by atoms with van der Waals surface area (Å²) in [6.07, 6.45) is 1.48. The van der Waals surface area contributed by atoms with Crippen molar-refractivity contribution in [3.63, 3.8) is 0 Å². The molecule has 4 heterocycles. The third kappa shape index (κ3) is 7.48. The Morgan fingerprint density at radius 2 is 1.47 bits per heavy atom. The Balaban J connectivity index is 0.000000246. The van der Waals surface area contributed by atoms with Gasteiger partial charge in [-0.15, -0.1) is 11.6 Å². The van der Waals surface area contributed by atoms with E-state index in [0.29, 0.717) is 5.69 Å². The van der Waals surface area contributed by atoms with Crippen molar-refractivity contribution >= 4 is 80.7 Å². The maximum absolute atomic E-state index is 8.94. The number of fused-ring (bicyclic) bond motifs is 7. The molecule has 6 heteroatoms. The fraction of sp³-hybridized carbons (Fsp3) is 0.209. The molecule has 249 valence electrons. The van der Waals surface area contributed by atoms with Crippen molar-refractivity contribution < 1.29 is 27.0 Å². The van der Waals surface area contributed by atoms with Crippen LogP contribution < -0.4 is 4.40 Å². The third-order valence-corrected chi connectivity index (χ3v) is 14.7. The Labute approximate surface area is 321 Å². The SMILES string of the molecule is [2H]C([2H])([2H])c1cnc(-c2[c-]c3sc4ccccc4c3c3c2sc2ccccc23)cc1C([2H])([2H])C(C)(C)C.[CH3][Ge]([CH3])([CH3])[c]1ccc(-c2[c-]cccc2)nc1.[Ir]. The van der Waals surface area contributed by atoms with Gasteiger partial charge in [0.1, 0.15) is 0 Å². The van der Waals surface area contributed by atoms with Gasteiger partial charge in [0.05, 0.1) is 0 Å². The number of thiophene rings is 2. The first-order valence-electron chi connectivity index (χ1n) is 18.6. The third-order valence-electron chi connectivity index (χ3n) is 8.19. The normalized spacial score (nSPS) is 14.0. The molecule has 0 saturated carbocycles. The minimum Gasteiger partial charge on any atom is 0 e. The number of hydrogen-bond donors (Lipinski definition) is 0. The second kappa shape index (κ2) is 14.2. The molecule has 0 unspecified atom stereocenters. The summed E-state index contributed by atoms with van der Waals surface area (Å²) < 4.78 is 47.9. The van der Waals surface area contributed by atoms with Crippen LogP contribution in [0.3, 0.4) is 0 Å². The molecule has 0 saturated heterocycles. The molecule has 0 bridgehead atoms. The molecule has 0 aliphatic heterocycles. The predicted octanol–water partition coefficient (Wildman–Crippen LogP) is 12.3. The second-order valence-electron chi connectivity index (χ2n) is 14.1. The van der Waals surface area contributed by atoms with Crippen molar-refractivity contribution in [1.29, 1.82) is 0 Å². The molecular weight excluding hydrogens is 873 g/mol. The Hall–Kier alpha value is -3.19. The van der Waals surface area contributed by atoms with Crippen LogP contribution in [0.1, 0.15) is 38.8 Å². The molecule has 49 heavy (non-hydrogen) atoms. The molecule has 8 aromatic rings. The molecule has 4 aromatic heterocycles. The van der Waals surface area contributed by atoms with Crippen molar-refractivity contribution in [3.05, 3.63) is 127 Å². The summed E-state index contributed by atoms with van der Waals surface area (Å²) in [5.41, 5.74) is 2.67. The Morgan fingerprint density at radius 3 is 2.10 bits per heavy atom. The number of aromatic nitrogens is 2. The quantitative estimate of drug-likeness (QED) is 0.130. The number of benzene rings is 4. The van der Waals surface area contributed by atoms with Crippen LogP contribution in [0.15, 0.2) is 103 Å². The van der Waals surface area contributed by atoms with Gasteiger partial charge in [-0.25, -0.2) is 0 Å². The monoisotopic (exact) mass is 920 g/mol. The fourth-order valence-electron chi connectivity index (χ4n) is 5.85. The van der Waals surface area contributed by atoms with Crippen LogP contribution in [-0.4, -0.2) is 23.2 Å². The number of aryl methyl sites for hydroxylation is 1. The fourth-order valence-corrected chi connectivity index (χ4v) is 10.4. The predicted molar refractivity (Wildman–Crippen MR) is 214 cm³/mol. The van der Waals surface area contributed by atoms with Crippen LogP contribution in [0.2, 0.25) is 17.3 Å². The summed E-state index contributed by atoms with van der Waals surface area (Å²) in [6, 6.07) is 37.4. The molecule has 0 spiro atoms. The van der Waals surface area contributed by atoms with Gasteiger partial charge in [-0.1, -0.05) is 79.6 Å². The van der Waals surface area contributed by atoms with E-state index in [1.807, 2.05) is 48.7 Å².